The van der Waals surface area contributed by atoms with Crippen molar-refractivity contribution in [3.63, 3.8) is 0 Å². The minimum absolute atomic E-state index is 0.129. The Morgan fingerprint density at radius 3 is 3.05 bits per heavy atom. The van der Waals surface area contributed by atoms with Gasteiger partial charge in [0.1, 0.15) is 11.4 Å². The Bertz CT molecular complexity index is 522. The van der Waals surface area contributed by atoms with Crippen molar-refractivity contribution in [2.45, 2.75) is 25.0 Å². The molecule has 102 valence electrons. The monoisotopic (exact) mass is 280 g/mol. The molecule has 0 aliphatic carbocycles. The van der Waals surface area contributed by atoms with E-state index in [1.54, 1.807) is 12.1 Å². The van der Waals surface area contributed by atoms with Crippen LogP contribution in [0, 0.1) is 11.7 Å². The number of halogens is 1. The van der Waals surface area contributed by atoms with E-state index in [1.807, 2.05) is 6.07 Å². The van der Waals surface area contributed by atoms with Crippen LogP contribution >= 0.6 is 11.8 Å². The Hall–Kier alpha value is -1.07. The van der Waals surface area contributed by atoms with E-state index in [2.05, 4.69) is 11.9 Å². The van der Waals surface area contributed by atoms with Crippen molar-refractivity contribution >= 4 is 16.9 Å². The van der Waals surface area contributed by atoms with E-state index in [1.165, 1.54) is 17.8 Å². The van der Waals surface area contributed by atoms with E-state index in [0.717, 1.165) is 12.2 Å². The fraction of sp³-hybridized carbons (Fsp3) is 0.500. The van der Waals surface area contributed by atoms with Gasteiger partial charge in [0.15, 0.2) is 5.17 Å². The van der Waals surface area contributed by atoms with Crippen molar-refractivity contribution in [2.24, 2.45) is 16.6 Å². The summed E-state index contributed by atoms with van der Waals surface area (Å²) in [6, 6.07) is 6.82. The molecule has 3 atom stereocenters. The molecule has 0 saturated carbocycles. The molecule has 2 aliphatic heterocycles. The van der Waals surface area contributed by atoms with Gasteiger partial charge in [-0.2, -0.15) is 0 Å². The van der Waals surface area contributed by atoms with Gasteiger partial charge in [0.25, 0.3) is 0 Å². The van der Waals surface area contributed by atoms with Crippen molar-refractivity contribution in [1.29, 1.82) is 0 Å². The van der Waals surface area contributed by atoms with E-state index in [0.29, 0.717) is 17.3 Å². The lowest BCUT2D eigenvalue weighted by atomic mass is 9.78. The van der Waals surface area contributed by atoms with E-state index in [-0.39, 0.29) is 17.8 Å². The lowest BCUT2D eigenvalue weighted by Gasteiger charge is -2.35. The smallest absolute Gasteiger partial charge is 0.154 e. The van der Waals surface area contributed by atoms with Crippen molar-refractivity contribution in [1.82, 2.24) is 0 Å². The Balaban J connectivity index is 2.13. The van der Waals surface area contributed by atoms with Gasteiger partial charge < -0.3 is 10.5 Å². The number of hydrogen-bond donors (Lipinski definition) is 1. The number of benzene rings is 1. The maximum atomic E-state index is 14.2. The second kappa shape index (κ2) is 4.80. The molecule has 1 aromatic rings. The summed E-state index contributed by atoms with van der Waals surface area (Å²) in [6.45, 7) is 2.51. The van der Waals surface area contributed by atoms with E-state index in [4.69, 9.17) is 10.5 Å². The van der Waals surface area contributed by atoms with Gasteiger partial charge in [-0.05, 0) is 12.5 Å². The second-order valence-electron chi connectivity index (χ2n) is 5.03. The lowest BCUT2D eigenvalue weighted by molar-refractivity contribution is 0.0904. The third-order valence-electron chi connectivity index (χ3n) is 4.04. The quantitative estimate of drug-likeness (QED) is 0.905. The highest BCUT2D eigenvalue weighted by Crippen LogP contribution is 2.48. The zero-order valence-electron chi connectivity index (χ0n) is 10.8. The van der Waals surface area contributed by atoms with Crippen LogP contribution < -0.4 is 5.73 Å². The average molecular weight is 280 g/mol. The van der Waals surface area contributed by atoms with E-state index < -0.39 is 5.54 Å². The number of thioether (sulfide) groups is 1. The predicted molar refractivity (Wildman–Crippen MR) is 75.7 cm³/mol. The van der Waals surface area contributed by atoms with Gasteiger partial charge in [0.05, 0.1) is 12.7 Å². The topological polar surface area (TPSA) is 47.6 Å². The highest BCUT2D eigenvalue weighted by atomic mass is 32.2. The van der Waals surface area contributed by atoms with Crippen molar-refractivity contribution < 1.29 is 9.13 Å². The van der Waals surface area contributed by atoms with Crippen LogP contribution in [0.2, 0.25) is 0 Å². The van der Waals surface area contributed by atoms with E-state index in [9.17, 15) is 4.39 Å². The van der Waals surface area contributed by atoms with Gasteiger partial charge in [0.2, 0.25) is 0 Å². The number of fused-ring (bicyclic) bond motifs is 1. The number of nitrogens with two attached hydrogens (primary N) is 1. The Labute approximate surface area is 116 Å². The SMILES string of the molecule is CC[C@@H]1OC[C@@]2(c3ccccc3F)N=C(N)SC[C@H]12. The molecule has 0 bridgehead atoms. The summed E-state index contributed by atoms with van der Waals surface area (Å²) in [6.07, 6.45) is 1.04. The van der Waals surface area contributed by atoms with Crippen molar-refractivity contribution in [3.8, 4) is 0 Å². The molecule has 2 aliphatic rings. The first kappa shape index (κ1) is 12.9. The molecule has 2 heterocycles. The Morgan fingerprint density at radius 2 is 2.32 bits per heavy atom. The van der Waals surface area contributed by atoms with Crippen LogP contribution in [0.15, 0.2) is 29.3 Å². The zero-order chi connectivity index (χ0) is 13.5. The molecule has 1 fully saturated rings. The predicted octanol–water partition coefficient (Wildman–Crippen LogP) is 2.51. The van der Waals surface area contributed by atoms with Crippen molar-refractivity contribution in [3.05, 3.63) is 35.6 Å². The standard InChI is InChI=1S/C14H17FN2OS/c1-2-12-10-7-19-13(16)17-14(10,8-18-12)9-5-3-4-6-11(9)15/h3-6,10,12H,2,7-8H2,1H3,(H2,16,17)/t10-,12+,14+/m1/s1. The van der Waals surface area contributed by atoms with Gasteiger partial charge in [-0.3, -0.25) is 0 Å². The van der Waals surface area contributed by atoms with Crippen LogP contribution in [0.4, 0.5) is 4.39 Å². The largest absolute Gasteiger partial charge is 0.379 e. The van der Waals surface area contributed by atoms with Gasteiger partial charge in [-0.1, -0.05) is 36.9 Å². The molecular weight excluding hydrogens is 263 g/mol. The maximum absolute atomic E-state index is 14.2. The molecule has 3 nitrogen and oxygen atoms in total. The molecule has 1 aromatic carbocycles. The number of aliphatic imine (C=N–C) groups is 1. The summed E-state index contributed by atoms with van der Waals surface area (Å²) in [4.78, 5) is 4.60. The first-order valence-electron chi connectivity index (χ1n) is 6.52. The van der Waals surface area contributed by atoms with Gasteiger partial charge in [0, 0.05) is 17.2 Å². The van der Waals surface area contributed by atoms with Crippen LogP contribution in [-0.4, -0.2) is 23.6 Å². The molecule has 2 N–H and O–H groups in total. The molecule has 0 unspecified atom stereocenters. The number of ether oxygens (including phenoxy) is 1. The Morgan fingerprint density at radius 1 is 1.53 bits per heavy atom. The fourth-order valence-corrected chi connectivity index (χ4v) is 4.15. The van der Waals surface area contributed by atoms with Gasteiger partial charge in [-0.25, -0.2) is 9.38 Å². The van der Waals surface area contributed by atoms with Crippen LogP contribution in [-0.2, 0) is 10.3 Å². The fourth-order valence-electron chi connectivity index (χ4n) is 3.08. The first-order chi connectivity index (χ1) is 9.17. The minimum atomic E-state index is -0.638. The molecule has 19 heavy (non-hydrogen) atoms. The third-order valence-corrected chi connectivity index (χ3v) is 4.96. The van der Waals surface area contributed by atoms with Gasteiger partial charge in [-0.15, -0.1) is 0 Å². The number of rotatable bonds is 2. The molecule has 0 radical (unpaired) electrons. The lowest BCUT2D eigenvalue weighted by Crippen LogP contribution is -2.42. The maximum Gasteiger partial charge on any atom is 0.154 e. The Kier molecular flexibility index (Phi) is 3.27. The summed E-state index contributed by atoms with van der Waals surface area (Å²) in [5.41, 5.74) is 5.86. The van der Waals surface area contributed by atoms with Crippen LogP contribution in [0.5, 0.6) is 0 Å². The number of nitrogens with zero attached hydrogens (tertiary/aromatic N) is 1. The minimum Gasteiger partial charge on any atom is -0.379 e. The number of hydrogen-bond acceptors (Lipinski definition) is 4. The molecule has 5 heteroatoms. The number of amidine groups is 1. The van der Waals surface area contributed by atoms with E-state index >= 15 is 0 Å². The summed E-state index contributed by atoms with van der Waals surface area (Å²) < 4.78 is 20.1. The molecule has 1 saturated heterocycles. The average Bonchev–Trinajstić information content (AvgIpc) is 2.77. The first-order valence-corrected chi connectivity index (χ1v) is 7.50. The third kappa shape index (κ3) is 1.96. The molecule has 3 rings (SSSR count). The molecule has 0 spiro atoms. The summed E-state index contributed by atoms with van der Waals surface area (Å²) in [5.74, 6) is 0.797. The normalized spacial score (nSPS) is 33.9. The van der Waals surface area contributed by atoms with Crippen LogP contribution in [0.3, 0.4) is 0 Å². The van der Waals surface area contributed by atoms with Crippen molar-refractivity contribution in [2.75, 3.05) is 12.4 Å². The highest BCUT2D eigenvalue weighted by Gasteiger charge is 2.53. The zero-order valence-corrected chi connectivity index (χ0v) is 11.6. The summed E-state index contributed by atoms with van der Waals surface area (Å²) in [5, 5.41) is 0.528. The second-order valence-corrected chi connectivity index (χ2v) is 6.07. The molecule has 0 amide bonds. The van der Waals surface area contributed by atoms with Crippen LogP contribution in [0.1, 0.15) is 18.9 Å². The van der Waals surface area contributed by atoms with Crippen LogP contribution in [0.25, 0.3) is 0 Å². The summed E-state index contributed by atoms with van der Waals surface area (Å²) >= 11 is 1.54. The molecule has 0 aromatic heterocycles. The van der Waals surface area contributed by atoms with Gasteiger partial charge >= 0.3 is 0 Å². The summed E-state index contributed by atoms with van der Waals surface area (Å²) in [7, 11) is 0. The highest BCUT2D eigenvalue weighted by molar-refractivity contribution is 8.13. The molecular formula is C14H17FN2OS.